The highest BCUT2D eigenvalue weighted by atomic mass is 16.1. The van der Waals surface area contributed by atoms with Crippen LogP contribution in [-0.4, -0.2) is 30.5 Å². The van der Waals surface area contributed by atoms with Crippen molar-refractivity contribution in [3.63, 3.8) is 0 Å². The van der Waals surface area contributed by atoms with E-state index in [0.717, 1.165) is 33.3 Å². The van der Waals surface area contributed by atoms with E-state index in [4.69, 9.17) is 0 Å². The molecule has 0 saturated carbocycles. The van der Waals surface area contributed by atoms with Gasteiger partial charge in [0.05, 0.1) is 17.9 Å². The van der Waals surface area contributed by atoms with E-state index in [-0.39, 0.29) is 5.78 Å². The highest BCUT2D eigenvalue weighted by Crippen LogP contribution is 2.22. The molecule has 0 fully saturated rings. The van der Waals surface area contributed by atoms with Gasteiger partial charge < -0.3 is 0 Å². The van der Waals surface area contributed by atoms with Gasteiger partial charge in [-0.2, -0.15) is 5.10 Å². The summed E-state index contributed by atoms with van der Waals surface area (Å²) in [6, 6.07) is 7.70. The van der Waals surface area contributed by atoms with Crippen LogP contribution >= 0.6 is 0 Å². The maximum Gasteiger partial charge on any atom is 0.143 e. The van der Waals surface area contributed by atoms with E-state index in [9.17, 15) is 4.79 Å². The van der Waals surface area contributed by atoms with Gasteiger partial charge in [-0.1, -0.05) is 0 Å². The fourth-order valence-electron chi connectivity index (χ4n) is 2.89. The van der Waals surface area contributed by atoms with Gasteiger partial charge in [0.25, 0.3) is 0 Å². The first-order valence-corrected chi connectivity index (χ1v) is 8.32. The Labute approximate surface area is 150 Å². The molecule has 0 bridgehead atoms. The highest BCUT2D eigenvalue weighted by Gasteiger charge is 2.09. The number of carbonyl (C=O) groups excluding carboxylic acids is 1. The third kappa shape index (κ3) is 3.49. The number of hydrogen-bond acceptors (Lipinski definition) is 5. The molecular formula is C20H17N5O. The van der Waals surface area contributed by atoms with Gasteiger partial charge in [0, 0.05) is 66.9 Å². The standard InChI is InChI=1S/C20H17N5O/c1-25-13-17(11-24-25)16-7-15-8-18(22-12-20(15)23-10-16)9-19(26)6-14-2-4-21-5-3-14/h2-5,7-8,10-13H,6,9H2,1H3. The molecule has 26 heavy (non-hydrogen) atoms. The Morgan fingerprint density at radius 2 is 1.85 bits per heavy atom. The van der Waals surface area contributed by atoms with Crippen molar-refractivity contribution >= 4 is 16.7 Å². The van der Waals surface area contributed by atoms with Gasteiger partial charge in [0.15, 0.2) is 0 Å². The molecule has 0 spiro atoms. The predicted molar refractivity (Wildman–Crippen MR) is 98.4 cm³/mol. The second-order valence-corrected chi connectivity index (χ2v) is 6.24. The Kier molecular flexibility index (Phi) is 4.23. The Hall–Kier alpha value is -3.41. The molecule has 4 aromatic heterocycles. The van der Waals surface area contributed by atoms with Crippen molar-refractivity contribution in [2.45, 2.75) is 12.8 Å². The second-order valence-electron chi connectivity index (χ2n) is 6.24. The topological polar surface area (TPSA) is 73.6 Å². The molecule has 4 aromatic rings. The van der Waals surface area contributed by atoms with Gasteiger partial charge in [-0.3, -0.25) is 24.4 Å². The van der Waals surface area contributed by atoms with Crippen LogP contribution in [-0.2, 0) is 24.7 Å². The molecule has 0 amide bonds. The number of aromatic nitrogens is 5. The van der Waals surface area contributed by atoms with Crippen LogP contribution in [0.5, 0.6) is 0 Å². The lowest BCUT2D eigenvalue weighted by Gasteiger charge is -2.04. The molecule has 6 nitrogen and oxygen atoms in total. The van der Waals surface area contributed by atoms with Gasteiger partial charge in [0.1, 0.15) is 5.78 Å². The lowest BCUT2D eigenvalue weighted by atomic mass is 10.0. The average molecular weight is 343 g/mol. The fourth-order valence-corrected chi connectivity index (χ4v) is 2.89. The number of fused-ring (bicyclic) bond motifs is 1. The molecule has 0 N–H and O–H groups in total. The van der Waals surface area contributed by atoms with E-state index in [2.05, 4.69) is 26.1 Å². The lowest BCUT2D eigenvalue weighted by molar-refractivity contribution is -0.117. The Morgan fingerprint density at radius 1 is 1.00 bits per heavy atom. The molecule has 0 radical (unpaired) electrons. The Bertz CT molecular complexity index is 1070. The monoisotopic (exact) mass is 343 g/mol. The minimum Gasteiger partial charge on any atom is -0.299 e. The number of ketones is 1. The SMILES string of the molecule is Cn1cc(-c2cnc3cnc(CC(=O)Cc4ccncc4)cc3c2)cn1. The number of Topliss-reactive ketones (excluding diaryl/α,β-unsaturated/α-hetero) is 1. The molecular weight excluding hydrogens is 326 g/mol. The number of nitrogens with zero attached hydrogens (tertiary/aromatic N) is 5. The molecule has 0 aliphatic carbocycles. The summed E-state index contributed by atoms with van der Waals surface area (Å²) in [6.07, 6.45) is 11.4. The van der Waals surface area contributed by atoms with Gasteiger partial charge in [-0.05, 0) is 29.8 Å². The number of rotatable bonds is 5. The van der Waals surface area contributed by atoms with Gasteiger partial charge >= 0.3 is 0 Å². The normalized spacial score (nSPS) is 11.0. The third-order valence-corrected chi connectivity index (χ3v) is 4.19. The molecule has 128 valence electrons. The van der Waals surface area contributed by atoms with Crippen LogP contribution < -0.4 is 0 Å². The summed E-state index contributed by atoms with van der Waals surface area (Å²) in [6.45, 7) is 0. The van der Waals surface area contributed by atoms with Crippen LogP contribution in [0.2, 0.25) is 0 Å². The van der Waals surface area contributed by atoms with Crippen LogP contribution in [0, 0.1) is 0 Å². The molecule has 4 rings (SSSR count). The second kappa shape index (κ2) is 6.84. The number of aryl methyl sites for hydroxylation is 1. The fraction of sp³-hybridized carbons (Fsp3) is 0.150. The molecule has 4 heterocycles. The zero-order valence-electron chi connectivity index (χ0n) is 14.3. The van der Waals surface area contributed by atoms with Crippen molar-refractivity contribution in [2.75, 3.05) is 0 Å². The summed E-state index contributed by atoms with van der Waals surface area (Å²) in [5.41, 5.74) is 4.52. The summed E-state index contributed by atoms with van der Waals surface area (Å²) in [7, 11) is 1.88. The summed E-state index contributed by atoms with van der Waals surface area (Å²) < 4.78 is 1.76. The van der Waals surface area contributed by atoms with E-state index in [1.165, 1.54) is 0 Å². The third-order valence-electron chi connectivity index (χ3n) is 4.19. The minimum atomic E-state index is 0.124. The largest absolute Gasteiger partial charge is 0.299 e. The lowest BCUT2D eigenvalue weighted by Crippen LogP contribution is -2.08. The summed E-state index contributed by atoms with van der Waals surface area (Å²) in [4.78, 5) is 25.1. The Balaban J connectivity index is 1.57. The number of pyridine rings is 3. The zero-order valence-corrected chi connectivity index (χ0v) is 14.3. The van der Waals surface area contributed by atoms with Crippen LogP contribution in [0.1, 0.15) is 11.3 Å². The smallest absolute Gasteiger partial charge is 0.143 e. The maximum absolute atomic E-state index is 12.3. The van der Waals surface area contributed by atoms with Crippen molar-refractivity contribution in [3.05, 3.63) is 72.7 Å². The van der Waals surface area contributed by atoms with Crippen LogP contribution in [0.25, 0.3) is 22.0 Å². The summed E-state index contributed by atoms with van der Waals surface area (Å²) in [5, 5.41) is 5.16. The van der Waals surface area contributed by atoms with Gasteiger partial charge in [0.2, 0.25) is 0 Å². The number of hydrogen-bond donors (Lipinski definition) is 0. The first kappa shape index (κ1) is 16.1. The summed E-state index contributed by atoms with van der Waals surface area (Å²) >= 11 is 0. The molecule has 6 heteroatoms. The van der Waals surface area contributed by atoms with Gasteiger partial charge in [-0.25, -0.2) is 0 Å². The van der Waals surface area contributed by atoms with Crippen LogP contribution in [0.15, 0.2) is 61.4 Å². The van der Waals surface area contributed by atoms with Crippen molar-refractivity contribution < 1.29 is 4.79 Å². The molecule has 0 atom stereocenters. The summed E-state index contributed by atoms with van der Waals surface area (Å²) in [5.74, 6) is 0.124. The molecule has 0 aromatic carbocycles. The highest BCUT2D eigenvalue weighted by molar-refractivity contribution is 5.86. The van der Waals surface area contributed by atoms with Crippen molar-refractivity contribution in [1.82, 2.24) is 24.7 Å². The quantitative estimate of drug-likeness (QED) is 0.557. The van der Waals surface area contributed by atoms with Crippen molar-refractivity contribution in [2.24, 2.45) is 7.05 Å². The maximum atomic E-state index is 12.3. The number of carbonyl (C=O) groups is 1. The van der Waals surface area contributed by atoms with Gasteiger partial charge in [-0.15, -0.1) is 0 Å². The van der Waals surface area contributed by atoms with E-state index in [1.54, 1.807) is 23.3 Å². The van der Waals surface area contributed by atoms with E-state index in [0.29, 0.717) is 12.8 Å². The first-order chi connectivity index (χ1) is 12.7. The molecule has 0 aliphatic heterocycles. The molecule has 0 saturated heterocycles. The first-order valence-electron chi connectivity index (χ1n) is 8.32. The van der Waals surface area contributed by atoms with Crippen molar-refractivity contribution in [3.8, 4) is 11.1 Å². The van der Waals surface area contributed by atoms with E-state index in [1.807, 2.05) is 43.8 Å². The Morgan fingerprint density at radius 3 is 2.62 bits per heavy atom. The minimum absolute atomic E-state index is 0.124. The van der Waals surface area contributed by atoms with Crippen LogP contribution in [0.3, 0.4) is 0 Å². The molecule has 0 unspecified atom stereocenters. The molecule has 0 aliphatic rings. The zero-order chi connectivity index (χ0) is 17.9. The predicted octanol–water partition coefficient (Wildman–Crippen LogP) is 2.78. The van der Waals surface area contributed by atoms with Crippen LogP contribution in [0.4, 0.5) is 0 Å². The van der Waals surface area contributed by atoms with E-state index >= 15 is 0 Å². The van der Waals surface area contributed by atoms with E-state index < -0.39 is 0 Å². The van der Waals surface area contributed by atoms with Crippen molar-refractivity contribution in [1.29, 1.82) is 0 Å². The average Bonchev–Trinajstić information content (AvgIpc) is 3.08.